The second-order valence-corrected chi connectivity index (χ2v) is 12.2. The molecule has 1 amide bonds. The van der Waals surface area contributed by atoms with Crippen LogP contribution in [0.3, 0.4) is 0 Å². The van der Waals surface area contributed by atoms with E-state index in [0.29, 0.717) is 29.0 Å². The Kier molecular flexibility index (Phi) is 9.15. The van der Waals surface area contributed by atoms with E-state index in [1.54, 1.807) is 11.8 Å². The van der Waals surface area contributed by atoms with E-state index in [0.717, 1.165) is 51.1 Å². The van der Waals surface area contributed by atoms with Crippen molar-refractivity contribution in [3.8, 4) is 5.75 Å². The van der Waals surface area contributed by atoms with Crippen molar-refractivity contribution >= 4 is 45.2 Å². The van der Waals surface area contributed by atoms with Crippen LogP contribution in [-0.4, -0.2) is 26.4 Å². The summed E-state index contributed by atoms with van der Waals surface area (Å²) in [5, 5.41) is 12.0. The number of halogens is 1. The van der Waals surface area contributed by atoms with Crippen molar-refractivity contribution in [3.05, 3.63) is 105 Å². The van der Waals surface area contributed by atoms with E-state index in [1.165, 1.54) is 5.56 Å². The molecule has 2 N–H and O–H groups in total. The quantitative estimate of drug-likeness (QED) is 0.136. The van der Waals surface area contributed by atoms with E-state index >= 15 is 0 Å². The van der Waals surface area contributed by atoms with Gasteiger partial charge in [0.2, 0.25) is 11.1 Å². The first kappa shape index (κ1) is 29.0. The fraction of sp³-hybridized carbons (Fsp3) is 0.281. The molecular formula is C32H34BrN5O2S. The van der Waals surface area contributed by atoms with Gasteiger partial charge < -0.3 is 15.4 Å². The van der Waals surface area contributed by atoms with Gasteiger partial charge in [-0.3, -0.25) is 4.79 Å². The molecule has 1 unspecified atom stereocenters. The Morgan fingerprint density at radius 3 is 2.63 bits per heavy atom. The topological polar surface area (TPSA) is 81.1 Å². The zero-order valence-corrected chi connectivity index (χ0v) is 26.1. The lowest BCUT2D eigenvalue weighted by molar-refractivity contribution is -0.113. The van der Waals surface area contributed by atoms with Crippen molar-refractivity contribution in [1.29, 1.82) is 0 Å². The van der Waals surface area contributed by atoms with Crippen LogP contribution in [-0.2, 0) is 11.4 Å². The van der Waals surface area contributed by atoms with Crippen LogP contribution < -0.4 is 15.4 Å². The van der Waals surface area contributed by atoms with Crippen LogP contribution in [0.1, 0.15) is 55.0 Å². The number of nitrogens with one attached hydrogen (secondary N) is 2. The molecule has 0 spiro atoms. The fourth-order valence-corrected chi connectivity index (χ4v) is 6.00. The molecule has 0 fully saturated rings. The lowest BCUT2D eigenvalue weighted by Gasteiger charge is -2.30. The SMILES string of the molecule is CCCCSc1nc2n(n1)C(c1cc(Br)ccc1OCc1ccc(C)cc1)C(C(=O)Nc1cccc(C)c1)=C(C)N2. The number of allylic oxidation sites excluding steroid dienone is 1. The van der Waals surface area contributed by atoms with Crippen LogP contribution in [0, 0.1) is 13.8 Å². The number of thioether (sulfide) groups is 1. The Labute approximate surface area is 253 Å². The van der Waals surface area contributed by atoms with E-state index < -0.39 is 6.04 Å². The van der Waals surface area contributed by atoms with Crippen molar-refractivity contribution in [3.63, 3.8) is 0 Å². The molecule has 0 aliphatic carbocycles. The van der Waals surface area contributed by atoms with Crippen LogP contribution in [0.5, 0.6) is 5.75 Å². The summed E-state index contributed by atoms with van der Waals surface area (Å²) in [6, 6.07) is 21.4. The molecular weight excluding hydrogens is 598 g/mol. The van der Waals surface area contributed by atoms with Crippen molar-refractivity contribution < 1.29 is 9.53 Å². The highest BCUT2D eigenvalue weighted by Crippen LogP contribution is 2.41. The van der Waals surface area contributed by atoms with Gasteiger partial charge in [-0.2, -0.15) is 4.98 Å². The monoisotopic (exact) mass is 631 g/mol. The first-order chi connectivity index (χ1) is 19.8. The number of rotatable bonds is 10. The Morgan fingerprint density at radius 1 is 1.07 bits per heavy atom. The maximum Gasteiger partial charge on any atom is 0.255 e. The van der Waals surface area contributed by atoms with Crippen LogP contribution in [0.2, 0.25) is 0 Å². The molecule has 0 bridgehead atoms. The third kappa shape index (κ3) is 6.85. The Morgan fingerprint density at radius 2 is 1.88 bits per heavy atom. The highest BCUT2D eigenvalue weighted by Gasteiger charge is 2.36. The smallest absolute Gasteiger partial charge is 0.255 e. The van der Waals surface area contributed by atoms with Crippen molar-refractivity contribution in [2.75, 3.05) is 16.4 Å². The predicted octanol–water partition coefficient (Wildman–Crippen LogP) is 8.06. The average Bonchev–Trinajstić information content (AvgIpc) is 3.34. The lowest BCUT2D eigenvalue weighted by Crippen LogP contribution is -2.31. The molecule has 2 heterocycles. The number of benzene rings is 3. The van der Waals surface area contributed by atoms with Crippen molar-refractivity contribution in [2.45, 2.75) is 58.3 Å². The van der Waals surface area contributed by atoms with Crippen LogP contribution in [0.4, 0.5) is 11.6 Å². The molecule has 1 aromatic heterocycles. The molecule has 0 saturated heterocycles. The molecule has 0 radical (unpaired) electrons. The molecule has 4 aromatic rings. The molecule has 3 aromatic carbocycles. The summed E-state index contributed by atoms with van der Waals surface area (Å²) in [4.78, 5) is 18.8. The Balaban J connectivity index is 1.56. The van der Waals surface area contributed by atoms with Crippen molar-refractivity contribution in [2.24, 2.45) is 0 Å². The maximum atomic E-state index is 14.0. The number of nitrogens with zero attached hydrogens (tertiary/aromatic N) is 3. The van der Waals surface area contributed by atoms with Gasteiger partial charge >= 0.3 is 0 Å². The lowest BCUT2D eigenvalue weighted by atomic mass is 9.94. The van der Waals surface area contributed by atoms with Gasteiger partial charge in [0.15, 0.2) is 0 Å². The van der Waals surface area contributed by atoms with E-state index in [-0.39, 0.29) is 5.91 Å². The third-order valence-corrected chi connectivity index (χ3v) is 8.28. The molecule has 41 heavy (non-hydrogen) atoms. The number of hydrogen-bond acceptors (Lipinski definition) is 6. The van der Waals surface area contributed by atoms with Gasteiger partial charge in [0.1, 0.15) is 18.4 Å². The number of carbonyl (C=O) groups excluding carboxylic acids is 1. The van der Waals surface area contributed by atoms with Gasteiger partial charge in [-0.25, -0.2) is 4.68 Å². The number of ether oxygens (including phenoxy) is 1. The third-order valence-electron chi connectivity index (χ3n) is 6.86. The van der Waals surface area contributed by atoms with E-state index in [1.807, 2.05) is 61.0 Å². The number of aryl methyl sites for hydroxylation is 2. The number of amides is 1. The fourth-order valence-electron chi connectivity index (χ4n) is 4.71. The first-order valence-corrected chi connectivity index (χ1v) is 15.5. The minimum absolute atomic E-state index is 0.212. The Bertz CT molecular complexity index is 1580. The number of anilines is 2. The largest absolute Gasteiger partial charge is 0.489 e. The van der Waals surface area contributed by atoms with E-state index in [9.17, 15) is 4.79 Å². The number of carbonyl (C=O) groups is 1. The maximum absolute atomic E-state index is 14.0. The molecule has 1 aliphatic heterocycles. The van der Waals surface area contributed by atoms with Gasteiger partial charge in [-0.05, 0) is 68.7 Å². The highest BCUT2D eigenvalue weighted by molar-refractivity contribution is 9.10. The second-order valence-electron chi connectivity index (χ2n) is 10.2. The second kappa shape index (κ2) is 13.0. The highest BCUT2D eigenvalue weighted by atomic mass is 79.9. The number of aromatic nitrogens is 3. The normalized spacial score (nSPS) is 14.4. The molecule has 5 rings (SSSR count). The van der Waals surface area contributed by atoms with E-state index in [4.69, 9.17) is 14.8 Å². The zero-order chi connectivity index (χ0) is 28.9. The summed E-state index contributed by atoms with van der Waals surface area (Å²) in [6.45, 7) is 8.54. The molecule has 1 atom stereocenters. The van der Waals surface area contributed by atoms with Crippen molar-refractivity contribution in [1.82, 2.24) is 14.8 Å². The summed E-state index contributed by atoms with van der Waals surface area (Å²) < 4.78 is 9.10. The van der Waals surface area contributed by atoms with Gasteiger partial charge in [0, 0.05) is 27.2 Å². The molecule has 9 heteroatoms. The van der Waals surface area contributed by atoms with Crippen LogP contribution in [0.25, 0.3) is 0 Å². The summed E-state index contributed by atoms with van der Waals surface area (Å²) in [7, 11) is 0. The standard InChI is InChI=1S/C32H34BrN5O2S/c1-5-6-16-41-32-36-31-34-22(4)28(30(39)35-25-9-7-8-21(3)17-25)29(38(31)37-32)26-18-24(33)14-15-27(26)40-19-23-12-10-20(2)11-13-23/h7-15,17-18,29H,5-6,16,19H2,1-4H3,(H,35,39)(H,34,36,37). The number of fused-ring (bicyclic) bond motifs is 1. The summed E-state index contributed by atoms with van der Waals surface area (Å²) in [5.41, 5.74) is 6.15. The summed E-state index contributed by atoms with van der Waals surface area (Å²) in [6.07, 6.45) is 2.18. The molecule has 212 valence electrons. The minimum Gasteiger partial charge on any atom is -0.489 e. The number of unbranched alkanes of at least 4 members (excludes halogenated alkanes) is 1. The Hall–Kier alpha value is -3.56. The predicted molar refractivity (Wildman–Crippen MR) is 170 cm³/mol. The van der Waals surface area contributed by atoms with Gasteiger partial charge in [-0.1, -0.05) is 83.0 Å². The summed E-state index contributed by atoms with van der Waals surface area (Å²) in [5.74, 6) is 2.00. The molecule has 1 aliphatic rings. The van der Waals surface area contributed by atoms with Gasteiger partial charge in [-0.15, -0.1) is 5.10 Å². The zero-order valence-electron chi connectivity index (χ0n) is 23.7. The van der Waals surface area contributed by atoms with E-state index in [2.05, 4.69) is 64.7 Å². The average molecular weight is 633 g/mol. The summed E-state index contributed by atoms with van der Waals surface area (Å²) >= 11 is 5.28. The molecule has 0 saturated carbocycles. The minimum atomic E-state index is -0.561. The van der Waals surface area contributed by atoms with Gasteiger partial charge in [0.25, 0.3) is 5.91 Å². The number of hydrogen-bond donors (Lipinski definition) is 2. The van der Waals surface area contributed by atoms with Gasteiger partial charge in [0.05, 0.1) is 5.57 Å². The van der Waals surface area contributed by atoms with Crippen LogP contribution >= 0.6 is 27.7 Å². The molecule has 7 nitrogen and oxygen atoms in total. The first-order valence-electron chi connectivity index (χ1n) is 13.8. The van der Waals surface area contributed by atoms with Crippen LogP contribution in [0.15, 0.2) is 87.6 Å².